The zero-order chi connectivity index (χ0) is 24.1. The number of ether oxygens (including phenoxy) is 1. The van der Waals surface area contributed by atoms with Gasteiger partial charge in [-0.1, -0.05) is 25.4 Å². The summed E-state index contributed by atoms with van der Waals surface area (Å²) in [6, 6.07) is 2.60. The van der Waals surface area contributed by atoms with Crippen molar-refractivity contribution in [3.8, 4) is 0 Å². The molecule has 1 atom stereocenters. The summed E-state index contributed by atoms with van der Waals surface area (Å²) in [5, 5.41) is 3.82. The second-order valence-electron chi connectivity index (χ2n) is 8.64. The van der Waals surface area contributed by atoms with Crippen LogP contribution in [0.4, 0.5) is 4.79 Å². The van der Waals surface area contributed by atoms with E-state index < -0.39 is 34.1 Å². The number of hydrogen-bond donors (Lipinski definition) is 2. The highest BCUT2D eigenvalue weighted by molar-refractivity contribution is 7.89. The molecule has 1 unspecified atom stereocenters. The first-order valence-electron chi connectivity index (χ1n) is 10.8. The second kappa shape index (κ2) is 8.32. The molecule has 0 fully saturated rings. The summed E-state index contributed by atoms with van der Waals surface area (Å²) in [5.74, 6) is -0.578. The lowest BCUT2D eigenvalue weighted by molar-refractivity contribution is 0.0504. The van der Waals surface area contributed by atoms with Gasteiger partial charge >= 0.3 is 6.09 Å². The lowest BCUT2D eigenvalue weighted by Gasteiger charge is -2.23. The number of carbonyl (C=O) groups excluding carboxylic acids is 1. The molecule has 1 aliphatic carbocycles. The third-order valence-corrected chi connectivity index (χ3v) is 6.10. The molecular weight excluding hydrogens is 426 g/mol. The van der Waals surface area contributed by atoms with Crippen LogP contribution >= 0.6 is 11.6 Å². The minimum atomic E-state index is -4.22. The first kappa shape index (κ1) is 20.0. The quantitative estimate of drug-likeness (QED) is 0.654. The Balaban J connectivity index is 2.10. The number of sulfonamides is 1. The molecule has 30 heavy (non-hydrogen) atoms. The van der Waals surface area contributed by atoms with Crippen molar-refractivity contribution in [1.29, 1.82) is 0 Å². The molecule has 0 radical (unpaired) electrons. The summed E-state index contributed by atoms with van der Waals surface area (Å²) in [5.41, 5.74) is 0.857. The first-order chi connectivity index (χ1) is 14.6. The molecular formula is C21H28ClN3O4S. The third-order valence-electron chi connectivity index (χ3n) is 4.59. The van der Waals surface area contributed by atoms with Crippen molar-refractivity contribution in [1.82, 2.24) is 15.0 Å². The molecule has 0 saturated carbocycles. The van der Waals surface area contributed by atoms with E-state index in [9.17, 15) is 13.2 Å². The predicted molar refractivity (Wildman–Crippen MR) is 117 cm³/mol. The highest BCUT2D eigenvalue weighted by Crippen LogP contribution is 2.40. The van der Waals surface area contributed by atoms with Crippen LogP contribution in [0.3, 0.4) is 0 Å². The molecule has 7 nitrogen and oxygen atoms in total. The van der Waals surface area contributed by atoms with Crippen molar-refractivity contribution in [2.75, 3.05) is 6.50 Å². The smallest absolute Gasteiger partial charge is 0.408 e. The third kappa shape index (κ3) is 5.04. The molecule has 2 N–H and O–H groups in total. The lowest BCUT2D eigenvalue weighted by Crippen LogP contribution is -2.34. The van der Waals surface area contributed by atoms with E-state index in [0.717, 1.165) is 11.1 Å². The van der Waals surface area contributed by atoms with E-state index in [1.54, 1.807) is 34.6 Å². The van der Waals surface area contributed by atoms with E-state index >= 15 is 0 Å². The number of benzene rings is 1. The molecule has 3 rings (SSSR count). The molecule has 1 heterocycles. The molecule has 1 aliphatic rings. The van der Waals surface area contributed by atoms with E-state index in [-0.39, 0.29) is 16.1 Å². The van der Waals surface area contributed by atoms with Crippen LogP contribution in [0, 0.1) is 5.92 Å². The van der Waals surface area contributed by atoms with Crippen LogP contribution < -0.4 is 10.0 Å². The van der Waals surface area contributed by atoms with Crippen molar-refractivity contribution in [3.05, 3.63) is 34.6 Å². The van der Waals surface area contributed by atoms with Crippen LogP contribution in [0.25, 0.3) is 10.8 Å². The van der Waals surface area contributed by atoms with E-state index in [4.69, 9.17) is 19.1 Å². The van der Waals surface area contributed by atoms with Gasteiger partial charge < -0.3 is 10.1 Å². The SMILES string of the molecule is [2H]C([2H])(NS(=O)(=O)c1cc2c(c3cnc(Cl)cc13)C(NC(=O)OC(C)(C)C)CC2)C(C)C. The maximum absolute atomic E-state index is 13.2. The van der Waals surface area contributed by atoms with Crippen molar-refractivity contribution in [2.45, 2.75) is 64.0 Å². The van der Waals surface area contributed by atoms with Crippen LogP contribution in [0.2, 0.25) is 5.15 Å². The minimum Gasteiger partial charge on any atom is -0.444 e. The Morgan fingerprint density at radius 3 is 2.70 bits per heavy atom. The van der Waals surface area contributed by atoms with Gasteiger partial charge in [-0.05, 0) is 62.8 Å². The summed E-state index contributed by atoms with van der Waals surface area (Å²) >= 11 is 6.08. The van der Waals surface area contributed by atoms with Crippen molar-refractivity contribution < 1.29 is 20.7 Å². The van der Waals surface area contributed by atoms with Crippen LogP contribution in [-0.2, 0) is 21.2 Å². The average Bonchev–Trinajstić information content (AvgIpc) is 3.00. The molecule has 2 aromatic rings. The normalized spacial score (nSPS) is 18.2. The van der Waals surface area contributed by atoms with Gasteiger partial charge in [0.05, 0.1) is 10.9 Å². The molecule has 1 amide bonds. The number of nitrogens with zero attached hydrogens (tertiary/aromatic N) is 1. The van der Waals surface area contributed by atoms with Gasteiger partial charge in [-0.3, -0.25) is 0 Å². The average molecular weight is 456 g/mol. The fourth-order valence-corrected chi connectivity index (χ4v) is 4.88. The van der Waals surface area contributed by atoms with Crippen LogP contribution in [0.5, 0.6) is 0 Å². The fourth-order valence-electron chi connectivity index (χ4n) is 3.46. The number of fused-ring (bicyclic) bond motifs is 3. The second-order valence-corrected chi connectivity index (χ2v) is 10.7. The van der Waals surface area contributed by atoms with Gasteiger partial charge in [0.25, 0.3) is 0 Å². The first-order valence-corrected chi connectivity index (χ1v) is 11.6. The standard InChI is InChI=1S/C21H28ClN3O4S/c1-12(2)10-24-30(27,28)17-8-13-6-7-16(25-20(26)29-21(3,4)5)19(13)15-11-23-18(22)9-14(15)17/h8-9,11-12,16,24H,6-7,10H2,1-5H3,(H,25,26)/i10D2. The van der Waals surface area contributed by atoms with Crippen molar-refractivity contribution in [3.63, 3.8) is 0 Å². The molecule has 0 spiro atoms. The number of alkyl carbamates (subject to hydrolysis) is 1. The van der Waals surface area contributed by atoms with Gasteiger partial charge in [0, 0.05) is 26.2 Å². The number of aryl methyl sites for hydroxylation is 1. The fraction of sp³-hybridized carbons (Fsp3) is 0.524. The molecule has 164 valence electrons. The zero-order valence-corrected chi connectivity index (χ0v) is 19.2. The lowest BCUT2D eigenvalue weighted by atomic mass is 10.0. The molecule has 9 heteroatoms. The van der Waals surface area contributed by atoms with E-state index in [0.29, 0.717) is 23.6 Å². The van der Waals surface area contributed by atoms with E-state index in [1.807, 2.05) is 0 Å². The Hall–Kier alpha value is -1.90. The Morgan fingerprint density at radius 2 is 2.07 bits per heavy atom. The maximum atomic E-state index is 13.2. The van der Waals surface area contributed by atoms with Crippen LogP contribution in [0.15, 0.2) is 23.2 Å². The highest BCUT2D eigenvalue weighted by atomic mass is 35.5. The number of nitrogens with one attached hydrogen (secondary N) is 2. The number of aromatic nitrogens is 1. The number of rotatable bonds is 5. The zero-order valence-electron chi connectivity index (χ0n) is 19.7. The number of pyridine rings is 1. The summed E-state index contributed by atoms with van der Waals surface area (Å²) in [4.78, 5) is 16.4. The summed E-state index contributed by atoms with van der Waals surface area (Å²) in [7, 11) is -4.22. The topological polar surface area (TPSA) is 97.4 Å². The predicted octanol–water partition coefficient (Wildman–Crippen LogP) is 4.33. The van der Waals surface area contributed by atoms with E-state index in [1.165, 1.54) is 18.3 Å². The molecule has 0 bridgehead atoms. The molecule has 1 aromatic carbocycles. The maximum Gasteiger partial charge on any atom is 0.408 e. The summed E-state index contributed by atoms with van der Waals surface area (Å²) < 4.78 is 50.0. The van der Waals surface area contributed by atoms with E-state index in [2.05, 4.69) is 15.0 Å². The highest BCUT2D eigenvalue weighted by Gasteiger charge is 2.31. The largest absolute Gasteiger partial charge is 0.444 e. The minimum absolute atomic E-state index is 0.0713. The monoisotopic (exact) mass is 455 g/mol. The van der Waals surface area contributed by atoms with Crippen LogP contribution in [-0.4, -0.2) is 31.6 Å². The van der Waals surface area contributed by atoms with Gasteiger partial charge in [-0.15, -0.1) is 0 Å². The van der Waals surface area contributed by atoms with Gasteiger partial charge in [-0.2, -0.15) is 0 Å². The molecule has 0 saturated heterocycles. The van der Waals surface area contributed by atoms with Gasteiger partial charge in [0.2, 0.25) is 10.0 Å². The number of hydrogen-bond acceptors (Lipinski definition) is 5. The summed E-state index contributed by atoms with van der Waals surface area (Å²) in [6.45, 7) is 6.37. The molecule has 0 aliphatic heterocycles. The molecule has 1 aromatic heterocycles. The van der Waals surface area contributed by atoms with Crippen molar-refractivity contribution >= 4 is 38.5 Å². The Kier molecular flexibility index (Phi) is 5.56. The van der Waals surface area contributed by atoms with Gasteiger partial charge in [-0.25, -0.2) is 22.9 Å². The van der Waals surface area contributed by atoms with Crippen molar-refractivity contribution in [2.24, 2.45) is 5.92 Å². The number of carbonyl (C=O) groups is 1. The van der Waals surface area contributed by atoms with Gasteiger partial charge in [0.15, 0.2) is 0 Å². The summed E-state index contributed by atoms with van der Waals surface area (Å²) in [6.07, 6.45) is 2.03. The Bertz CT molecular complexity index is 1160. The Labute approximate surface area is 185 Å². The van der Waals surface area contributed by atoms with Gasteiger partial charge in [0.1, 0.15) is 10.8 Å². The van der Waals surface area contributed by atoms with Crippen LogP contribution in [0.1, 0.15) is 60.9 Å². The number of halogens is 1. The number of amides is 1. The Morgan fingerprint density at radius 1 is 1.37 bits per heavy atom.